The summed E-state index contributed by atoms with van der Waals surface area (Å²) in [5.41, 5.74) is 12.6. The number of hydrogen-bond acceptors (Lipinski definition) is 5. The highest BCUT2D eigenvalue weighted by molar-refractivity contribution is 5.90. The Morgan fingerprint density at radius 3 is 2.67 bits per heavy atom. The van der Waals surface area contributed by atoms with Crippen LogP contribution in [0.15, 0.2) is 52.7 Å². The second-order valence-corrected chi connectivity index (χ2v) is 6.61. The number of ether oxygens (including phenoxy) is 1. The zero-order valence-corrected chi connectivity index (χ0v) is 16.2. The number of nitrogens with one attached hydrogen (secondary N) is 1. The van der Waals surface area contributed by atoms with E-state index in [0.29, 0.717) is 16.8 Å². The van der Waals surface area contributed by atoms with Crippen LogP contribution in [0, 0.1) is 5.82 Å². The average Bonchev–Trinajstić information content (AvgIpc) is 3.07. The van der Waals surface area contributed by atoms with Gasteiger partial charge in [-0.3, -0.25) is 9.69 Å². The molecule has 1 atom stereocenters. The number of carbonyl (C=O) groups excluding carboxylic acids is 2. The van der Waals surface area contributed by atoms with E-state index in [2.05, 4.69) is 15.5 Å². The second-order valence-electron chi connectivity index (χ2n) is 6.61. The van der Waals surface area contributed by atoms with Crippen LogP contribution in [0.1, 0.15) is 12.5 Å². The van der Waals surface area contributed by atoms with Crippen LogP contribution in [0.25, 0.3) is 11.1 Å². The van der Waals surface area contributed by atoms with Crippen LogP contribution in [-0.2, 0) is 9.53 Å². The van der Waals surface area contributed by atoms with Gasteiger partial charge in [-0.25, -0.2) is 9.18 Å². The Labute approximate surface area is 172 Å². The summed E-state index contributed by atoms with van der Waals surface area (Å²) in [6.45, 7) is 1.81. The molecule has 1 saturated heterocycles. The first-order chi connectivity index (χ1) is 14.3. The van der Waals surface area contributed by atoms with Crippen molar-refractivity contribution in [3.8, 4) is 11.1 Å². The van der Waals surface area contributed by atoms with Crippen molar-refractivity contribution in [1.82, 2.24) is 5.32 Å². The van der Waals surface area contributed by atoms with Crippen molar-refractivity contribution in [2.45, 2.75) is 13.0 Å². The molecule has 0 saturated carbocycles. The molecule has 1 heterocycles. The van der Waals surface area contributed by atoms with Gasteiger partial charge in [0.25, 0.3) is 0 Å². The first-order valence-electron chi connectivity index (χ1n) is 9.08. The Kier molecular flexibility index (Phi) is 6.26. The number of nitrogens with two attached hydrogens (primary N) is 2. The van der Waals surface area contributed by atoms with Crippen LogP contribution in [0.4, 0.5) is 14.9 Å². The summed E-state index contributed by atoms with van der Waals surface area (Å²) in [6, 6.07) is 11.5. The molecule has 0 radical (unpaired) electrons. The zero-order chi connectivity index (χ0) is 21.7. The van der Waals surface area contributed by atoms with Gasteiger partial charge in [0.15, 0.2) is 0 Å². The van der Waals surface area contributed by atoms with Crippen LogP contribution in [-0.4, -0.2) is 43.4 Å². The van der Waals surface area contributed by atoms with Crippen LogP contribution in [0.3, 0.4) is 0 Å². The minimum absolute atomic E-state index is 0.145. The van der Waals surface area contributed by atoms with E-state index in [1.165, 1.54) is 24.1 Å². The molecule has 0 aliphatic carbocycles. The van der Waals surface area contributed by atoms with Crippen LogP contribution in [0.2, 0.25) is 0 Å². The maximum atomic E-state index is 14.8. The summed E-state index contributed by atoms with van der Waals surface area (Å²) < 4.78 is 20.0. The van der Waals surface area contributed by atoms with E-state index in [-0.39, 0.29) is 25.0 Å². The van der Waals surface area contributed by atoms with Gasteiger partial charge in [0.1, 0.15) is 11.9 Å². The lowest BCUT2D eigenvalue weighted by Crippen LogP contribution is -2.33. The molecule has 30 heavy (non-hydrogen) atoms. The first kappa shape index (κ1) is 20.8. The van der Waals surface area contributed by atoms with E-state index in [9.17, 15) is 14.0 Å². The van der Waals surface area contributed by atoms with Crippen molar-refractivity contribution in [1.29, 1.82) is 0 Å². The standard InChI is InChI=1S/C20H21FN6O3/c1-12(28)24-10-16-11-27(20(29)30-16)15-6-7-17(18(21)8-15)14-4-2-13(3-5-14)9-25-26-19(22)23/h2-9,16H,10-11H2,1H3,(H,24,28)(H4,22,23,26)/t16-/m0/s1. The van der Waals surface area contributed by atoms with Crippen molar-refractivity contribution < 1.29 is 18.7 Å². The van der Waals surface area contributed by atoms with E-state index < -0.39 is 18.0 Å². The molecular formula is C20H21FN6O3. The summed E-state index contributed by atoms with van der Waals surface area (Å²) in [4.78, 5) is 24.4. The zero-order valence-electron chi connectivity index (χ0n) is 16.2. The second kappa shape index (κ2) is 9.03. The molecule has 1 aliphatic rings. The Morgan fingerprint density at radius 1 is 1.30 bits per heavy atom. The van der Waals surface area contributed by atoms with Gasteiger partial charge in [-0.15, -0.1) is 5.10 Å². The summed E-state index contributed by atoms with van der Waals surface area (Å²) in [7, 11) is 0. The Bertz CT molecular complexity index is 1000. The molecule has 3 rings (SSSR count). The van der Waals surface area contributed by atoms with Gasteiger partial charge in [0.2, 0.25) is 11.9 Å². The quantitative estimate of drug-likeness (QED) is 0.376. The van der Waals surface area contributed by atoms with E-state index in [0.717, 1.165) is 5.56 Å². The molecule has 0 unspecified atom stereocenters. The van der Waals surface area contributed by atoms with Crippen molar-refractivity contribution in [2.75, 3.05) is 18.0 Å². The number of guanidine groups is 1. The van der Waals surface area contributed by atoms with Gasteiger partial charge in [0.05, 0.1) is 25.0 Å². The molecule has 1 fully saturated rings. The third-order valence-electron chi connectivity index (χ3n) is 4.32. The van der Waals surface area contributed by atoms with Gasteiger partial charge >= 0.3 is 6.09 Å². The largest absolute Gasteiger partial charge is 0.442 e. The fraction of sp³-hybridized carbons (Fsp3) is 0.200. The summed E-state index contributed by atoms with van der Waals surface area (Å²) >= 11 is 0. The predicted molar refractivity (Wildman–Crippen MR) is 112 cm³/mol. The maximum Gasteiger partial charge on any atom is 0.414 e. The van der Waals surface area contributed by atoms with E-state index in [4.69, 9.17) is 16.2 Å². The van der Waals surface area contributed by atoms with Gasteiger partial charge in [-0.05, 0) is 29.3 Å². The predicted octanol–water partition coefficient (Wildman–Crippen LogP) is 1.56. The highest BCUT2D eigenvalue weighted by atomic mass is 19.1. The molecule has 2 aromatic carbocycles. The highest BCUT2D eigenvalue weighted by Gasteiger charge is 2.32. The van der Waals surface area contributed by atoms with Crippen LogP contribution >= 0.6 is 0 Å². The van der Waals surface area contributed by atoms with Gasteiger partial charge in [-0.1, -0.05) is 24.3 Å². The van der Waals surface area contributed by atoms with Crippen molar-refractivity contribution in [2.24, 2.45) is 21.7 Å². The number of benzene rings is 2. The number of cyclic esters (lactones) is 1. The number of amides is 2. The fourth-order valence-electron chi connectivity index (χ4n) is 2.91. The molecule has 2 amide bonds. The van der Waals surface area contributed by atoms with Gasteiger partial charge in [0, 0.05) is 12.5 Å². The number of carbonyl (C=O) groups is 2. The molecule has 156 valence electrons. The summed E-state index contributed by atoms with van der Waals surface area (Å²) in [5, 5.41) is 9.83. The number of anilines is 1. The Morgan fingerprint density at radius 2 is 2.03 bits per heavy atom. The van der Waals surface area contributed by atoms with E-state index >= 15 is 0 Å². The van der Waals surface area contributed by atoms with Crippen LogP contribution < -0.4 is 21.7 Å². The molecule has 5 N–H and O–H groups in total. The lowest BCUT2D eigenvalue weighted by atomic mass is 10.0. The van der Waals surface area contributed by atoms with Gasteiger partial charge in [-0.2, -0.15) is 5.10 Å². The third kappa shape index (κ3) is 5.10. The lowest BCUT2D eigenvalue weighted by molar-refractivity contribution is -0.119. The molecule has 0 bridgehead atoms. The normalized spacial score (nSPS) is 15.9. The average molecular weight is 412 g/mol. The minimum atomic E-state index is -0.582. The Balaban J connectivity index is 1.72. The summed E-state index contributed by atoms with van der Waals surface area (Å²) in [6.07, 6.45) is 0.401. The highest BCUT2D eigenvalue weighted by Crippen LogP contribution is 2.29. The molecule has 0 aromatic heterocycles. The maximum absolute atomic E-state index is 14.8. The fourth-order valence-corrected chi connectivity index (χ4v) is 2.91. The molecular weight excluding hydrogens is 391 g/mol. The number of hydrogen-bond donors (Lipinski definition) is 3. The van der Waals surface area contributed by atoms with Crippen molar-refractivity contribution >= 4 is 29.9 Å². The molecule has 10 heteroatoms. The molecule has 1 aliphatic heterocycles. The number of nitrogens with zero attached hydrogens (tertiary/aromatic N) is 3. The SMILES string of the molecule is CC(=O)NC[C@H]1CN(c2ccc(-c3ccc(C=NN=C(N)N)cc3)c(F)c2)C(=O)O1. The Hall–Kier alpha value is -3.95. The monoisotopic (exact) mass is 412 g/mol. The first-order valence-corrected chi connectivity index (χ1v) is 9.08. The smallest absolute Gasteiger partial charge is 0.414 e. The minimum Gasteiger partial charge on any atom is -0.442 e. The number of rotatable bonds is 6. The van der Waals surface area contributed by atoms with E-state index in [1.54, 1.807) is 36.4 Å². The lowest BCUT2D eigenvalue weighted by Gasteiger charge is -2.14. The summed E-state index contributed by atoms with van der Waals surface area (Å²) in [5.74, 6) is -0.839. The van der Waals surface area contributed by atoms with Crippen molar-refractivity contribution in [3.05, 3.63) is 53.8 Å². The molecule has 0 spiro atoms. The van der Waals surface area contributed by atoms with Gasteiger partial charge < -0.3 is 21.5 Å². The third-order valence-corrected chi connectivity index (χ3v) is 4.32. The topological polar surface area (TPSA) is 135 Å². The van der Waals surface area contributed by atoms with Crippen molar-refractivity contribution in [3.63, 3.8) is 0 Å². The number of halogens is 1. The van der Waals surface area contributed by atoms with E-state index in [1.807, 2.05) is 0 Å². The molecule has 9 nitrogen and oxygen atoms in total. The van der Waals surface area contributed by atoms with Crippen LogP contribution in [0.5, 0.6) is 0 Å². The molecule has 2 aromatic rings.